The topological polar surface area (TPSA) is 77.5 Å². The average Bonchev–Trinajstić information content (AvgIpc) is 3.15. The quantitative estimate of drug-likeness (QED) is 0.443. The summed E-state index contributed by atoms with van der Waals surface area (Å²) in [7, 11) is 1.60. The zero-order valence-electron chi connectivity index (χ0n) is 15.2. The molecular formula is C20H19ClN2O4S. The number of rotatable bonds is 8. The van der Waals surface area contributed by atoms with Crippen molar-refractivity contribution in [2.45, 2.75) is 6.42 Å². The number of para-hydroxylation sites is 1. The van der Waals surface area contributed by atoms with Gasteiger partial charge < -0.3 is 14.8 Å². The van der Waals surface area contributed by atoms with E-state index in [9.17, 15) is 9.59 Å². The Labute approximate surface area is 171 Å². The summed E-state index contributed by atoms with van der Waals surface area (Å²) in [6, 6.07) is 12.6. The first kappa shape index (κ1) is 20.3. The molecule has 2 heterocycles. The molecule has 1 N–H and O–H groups in total. The number of methoxy groups -OCH3 is 1. The van der Waals surface area contributed by atoms with Crippen molar-refractivity contribution in [3.8, 4) is 10.6 Å². The molecule has 3 rings (SSSR count). The molecule has 0 bridgehead atoms. The summed E-state index contributed by atoms with van der Waals surface area (Å²) in [5.41, 5.74) is 1.66. The van der Waals surface area contributed by atoms with E-state index in [-0.39, 0.29) is 12.5 Å². The Morgan fingerprint density at radius 1 is 1.21 bits per heavy atom. The van der Waals surface area contributed by atoms with Crippen LogP contribution in [0.5, 0.6) is 0 Å². The Balaban J connectivity index is 1.77. The van der Waals surface area contributed by atoms with Crippen LogP contribution in [0.4, 0.5) is 0 Å². The number of fused-ring (bicyclic) bond motifs is 1. The van der Waals surface area contributed by atoms with Gasteiger partial charge in [0, 0.05) is 25.6 Å². The lowest BCUT2D eigenvalue weighted by Crippen LogP contribution is -2.30. The van der Waals surface area contributed by atoms with Crippen LogP contribution in [0.1, 0.15) is 16.8 Å². The molecule has 0 fully saturated rings. The Bertz CT molecular complexity index is 989. The highest BCUT2D eigenvalue weighted by molar-refractivity contribution is 7.19. The highest BCUT2D eigenvalue weighted by atomic mass is 35.5. The van der Waals surface area contributed by atoms with Crippen LogP contribution in [0.3, 0.4) is 0 Å². The van der Waals surface area contributed by atoms with E-state index >= 15 is 0 Å². The number of hydrogen-bond donors (Lipinski definition) is 1. The molecule has 2 aromatic heterocycles. The van der Waals surface area contributed by atoms with Crippen molar-refractivity contribution in [2.75, 3.05) is 26.9 Å². The van der Waals surface area contributed by atoms with E-state index in [4.69, 9.17) is 21.1 Å². The lowest BCUT2D eigenvalue weighted by atomic mass is 10.1. The first-order valence-corrected chi connectivity index (χ1v) is 9.86. The molecule has 0 atom stereocenters. The van der Waals surface area contributed by atoms with Crippen molar-refractivity contribution in [1.29, 1.82) is 0 Å². The van der Waals surface area contributed by atoms with Crippen molar-refractivity contribution in [1.82, 2.24) is 10.3 Å². The third-order valence-corrected chi connectivity index (χ3v) is 5.20. The standard InChI is InChI=1S/C20H19ClN2O4S/c1-26-10-4-9-22-19(24)12-27-20(25)14-11-16(17-7-8-18(21)28-17)23-15-6-3-2-5-13(14)15/h2-3,5-8,11H,4,9-10,12H2,1H3,(H,22,24). The van der Waals surface area contributed by atoms with Crippen molar-refractivity contribution in [2.24, 2.45) is 0 Å². The molecule has 1 amide bonds. The number of thiophene rings is 1. The average molecular weight is 419 g/mol. The Morgan fingerprint density at radius 2 is 2.04 bits per heavy atom. The van der Waals surface area contributed by atoms with E-state index in [0.29, 0.717) is 46.1 Å². The zero-order valence-corrected chi connectivity index (χ0v) is 16.8. The van der Waals surface area contributed by atoms with Crippen molar-refractivity contribution >= 4 is 45.7 Å². The summed E-state index contributed by atoms with van der Waals surface area (Å²) in [5, 5.41) is 3.35. The largest absolute Gasteiger partial charge is 0.452 e. The third kappa shape index (κ3) is 5.07. The summed E-state index contributed by atoms with van der Waals surface area (Å²) in [4.78, 5) is 30.0. The number of amides is 1. The number of nitrogens with one attached hydrogen (secondary N) is 1. The van der Waals surface area contributed by atoms with E-state index in [1.165, 1.54) is 11.3 Å². The van der Waals surface area contributed by atoms with Gasteiger partial charge in [-0.15, -0.1) is 11.3 Å². The molecule has 0 radical (unpaired) electrons. The normalized spacial score (nSPS) is 10.8. The number of esters is 1. The molecule has 0 saturated heterocycles. The van der Waals surface area contributed by atoms with Gasteiger partial charge in [0.1, 0.15) is 0 Å². The van der Waals surface area contributed by atoms with Crippen LogP contribution in [0.25, 0.3) is 21.5 Å². The number of pyridine rings is 1. The molecule has 8 heteroatoms. The smallest absolute Gasteiger partial charge is 0.339 e. The SMILES string of the molecule is COCCCNC(=O)COC(=O)c1cc(-c2ccc(Cl)s2)nc2ccccc12. The maximum absolute atomic E-state index is 12.7. The van der Waals surface area contributed by atoms with Crippen LogP contribution in [0.15, 0.2) is 42.5 Å². The van der Waals surface area contributed by atoms with Crippen LogP contribution < -0.4 is 5.32 Å². The summed E-state index contributed by atoms with van der Waals surface area (Å²) in [5.74, 6) is -0.928. The van der Waals surface area contributed by atoms with E-state index in [1.54, 1.807) is 25.3 Å². The number of halogens is 1. The molecule has 6 nitrogen and oxygen atoms in total. The third-order valence-electron chi connectivity index (χ3n) is 3.94. The Hall–Kier alpha value is -2.48. The molecule has 0 saturated carbocycles. The number of benzene rings is 1. The highest BCUT2D eigenvalue weighted by Gasteiger charge is 2.17. The molecule has 0 aliphatic rings. The molecule has 0 spiro atoms. The summed E-state index contributed by atoms with van der Waals surface area (Å²) >= 11 is 7.40. The fourth-order valence-corrected chi connectivity index (χ4v) is 3.63. The highest BCUT2D eigenvalue weighted by Crippen LogP contribution is 2.32. The first-order valence-electron chi connectivity index (χ1n) is 8.66. The molecular weight excluding hydrogens is 400 g/mol. The maximum Gasteiger partial charge on any atom is 0.339 e. The minimum atomic E-state index is -0.574. The van der Waals surface area contributed by atoms with Gasteiger partial charge in [0.15, 0.2) is 6.61 Å². The number of hydrogen-bond acceptors (Lipinski definition) is 6. The summed E-state index contributed by atoms with van der Waals surface area (Å²) in [6.07, 6.45) is 0.692. The molecule has 0 aliphatic heterocycles. The van der Waals surface area contributed by atoms with Gasteiger partial charge in [-0.3, -0.25) is 4.79 Å². The van der Waals surface area contributed by atoms with Gasteiger partial charge in [-0.1, -0.05) is 29.8 Å². The molecule has 146 valence electrons. The second-order valence-electron chi connectivity index (χ2n) is 5.95. The van der Waals surface area contributed by atoms with Crippen LogP contribution in [0.2, 0.25) is 4.34 Å². The van der Waals surface area contributed by atoms with Gasteiger partial charge in [0.2, 0.25) is 0 Å². The second kappa shape index (κ2) is 9.64. The van der Waals surface area contributed by atoms with Gasteiger partial charge in [-0.05, 0) is 30.7 Å². The molecule has 1 aromatic carbocycles. The van der Waals surface area contributed by atoms with Crippen LogP contribution in [-0.4, -0.2) is 43.7 Å². The Morgan fingerprint density at radius 3 is 2.79 bits per heavy atom. The first-order chi connectivity index (χ1) is 13.6. The predicted molar refractivity (Wildman–Crippen MR) is 110 cm³/mol. The summed E-state index contributed by atoms with van der Waals surface area (Å²) in [6.45, 7) is 0.674. The van der Waals surface area contributed by atoms with Crippen molar-refractivity contribution in [3.05, 3.63) is 52.4 Å². The van der Waals surface area contributed by atoms with Crippen LogP contribution in [-0.2, 0) is 14.3 Å². The van der Waals surface area contributed by atoms with Crippen molar-refractivity contribution in [3.63, 3.8) is 0 Å². The molecule has 0 aliphatic carbocycles. The van der Waals surface area contributed by atoms with Gasteiger partial charge >= 0.3 is 5.97 Å². The zero-order chi connectivity index (χ0) is 19.9. The lowest BCUT2D eigenvalue weighted by Gasteiger charge is -2.10. The summed E-state index contributed by atoms with van der Waals surface area (Å²) < 4.78 is 10.8. The van der Waals surface area contributed by atoms with Crippen molar-refractivity contribution < 1.29 is 19.1 Å². The van der Waals surface area contributed by atoms with Gasteiger partial charge in [-0.2, -0.15) is 0 Å². The minimum absolute atomic E-state index is 0.345. The second-order valence-corrected chi connectivity index (χ2v) is 7.66. The Kier molecular flexibility index (Phi) is 6.97. The number of ether oxygens (including phenoxy) is 2. The predicted octanol–water partition coefficient (Wildman–Crippen LogP) is 3.93. The molecule has 0 unspecified atom stereocenters. The van der Waals surface area contributed by atoms with E-state index in [0.717, 1.165) is 4.88 Å². The molecule has 28 heavy (non-hydrogen) atoms. The van der Waals surface area contributed by atoms with Gasteiger partial charge in [-0.25, -0.2) is 9.78 Å². The molecule has 3 aromatic rings. The van der Waals surface area contributed by atoms with Crippen LogP contribution >= 0.6 is 22.9 Å². The maximum atomic E-state index is 12.7. The van der Waals surface area contributed by atoms with E-state index in [2.05, 4.69) is 10.3 Å². The van der Waals surface area contributed by atoms with E-state index < -0.39 is 5.97 Å². The fourth-order valence-electron chi connectivity index (χ4n) is 2.63. The number of aromatic nitrogens is 1. The van der Waals surface area contributed by atoms with Crippen LogP contribution in [0, 0.1) is 0 Å². The monoisotopic (exact) mass is 418 g/mol. The lowest BCUT2D eigenvalue weighted by molar-refractivity contribution is -0.124. The van der Waals surface area contributed by atoms with E-state index in [1.807, 2.05) is 24.3 Å². The number of carbonyl (C=O) groups excluding carboxylic acids is 2. The van der Waals surface area contributed by atoms with Gasteiger partial charge in [0.05, 0.1) is 26.0 Å². The van der Waals surface area contributed by atoms with Gasteiger partial charge in [0.25, 0.3) is 5.91 Å². The minimum Gasteiger partial charge on any atom is -0.452 e. The number of carbonyl (C=O) groups is 2. The number of nitrogens with zero attached hydrogens (tertiary/aromatic N) is 1. The fraction of sp³-hybridized carbons (Fsp3) is 0.250.